The molecule has 0 aliphatic rings. The predicted octanol–water partition coefficient (Wildman–Crippen LogP) is 1.92. The summed E-state index contributed by atoms with van der Waals surface area (Å²) < 4.78 is 1.35. The molecule has 0 spiro atoms. The number of non-ortho nitro benzene ring substituents is 1. The number of tetrazole rings is 1. The molecule has 30 heavy (non-hydrogen) atoms. The molecule has 1 unspecified atom stereocenters. The maximum absolute atomic E-state index is 12.8. The number of halogens is 1. The fourth-order valence-corrected chi connectivity index (χ4v) is 3.51. The van der Waals surface area contributed by atoms with Gasteiger partial charge in [0.15, 0.2) is 0 Å². The number of aliphatic hydroxyl groups is 2. The molecule has 1 heterocycles. The van der Waals surface area contributed by atoms with Crippen LogP contribution in [0, 0.1) is 10.1 Å². The van der Waals surface area contributed by atoms with Gasteiger partial charge in [0.1, 0.15) is 6.33 Å². The summed E-state index contributed by atoms with van der Waals surface area (Å²) in [5.41, 5.74) is 0.574. The SMILES string of the molecule is O=C(Nc1cc(SCC(O)CO)cc([N+](=O)[O-])c1)c1cc(-n2cnnn2)ccc1Cl. The van der Waals surface area contributed by atoms with Crippen LogP contribution >= 0.6 is 23.4 Å². The van der Waals surface area contributed by atoms with Gasteiger partial charge in [-0.3, -0.25) is 14.9 Å². The fraction of sp³-hybridized carbons (Fsp3) is 0.176. The third-order valence-corrected chi connectivity index (χ3v) is 5.27. The Morgan fingerprint density at radius 1 is 1.33 bits per heavy atom. The Morgan fingerprint density at radius 2 is 2.13 bits per heavy atom. The summed E-state index contributed by atoms with van der Waals surface area (Å²) >= 11 is 7.25. The average molecular weight is 451 g/mol. The molecule has 156 valence electrons. The predicted molar refractivity (Wildman–Crippen MR) is 109 cm³/mol. The number of hydrogen-bond acceptors (Lipinski definition) is 9. The maximum Gasteiger partial charge on any atom is 0.272 e. The number of rotatable bonds is 8. The molecule has 13 heteroatoms. The van der Waals surface area contributed by atoms with Gasteiger partial charge in [-0.2, -0.15) is 0 Å². The molecule has 2 aromatic carbocycles. The molecule has 3 N–H and O–H groups in total. The van der Waals surface area contributed by atoms with Gasteiger partial charge in [0.2, 0.25) is 0 Å². The highest BCUT2D eigenvalue weighted by atomic mass is 35.5. The van der Waals surface area contributed by atoms with Crippen molar-refractivity contribution in [3.8, 4) is 5.69 Å². The van der Waals surface area contributed by atoms with E-state index in [1.54, 1.807) is 6.07 Å². The molecule has 0 saturated heterocycles. The minimum absolute atomic E-state index is 0.126. The number of aromatic nitrogens is 4. The molecule has 0 radical (unpaired) electrons. The van der Waals surface area contributed by atoms with Crippen molar-refractivity contribution >= 4 is 40.6 Å². The molecule has 0 bridgehead atoms. The van der Waals surface area contributed by atoms with Gasteiger partial charge in [-0.25, -0.2) is 4.68 Å². The van der Waals surface area contributed by atoms with E-state index in [-0.39, 0.29) is 27.7 Å². The highest BCUT2D eigenvalue weighted by Crippen LogP contribution is 2.29. The van der Waals surface area contributed by atoms with Gasteiger partial charge in [0.25, 0.3) is 11.6 Å². The minimum Gasteiger partial charge on any atom is -0.394 e. The van der Waals surface area contributed by atoms with Crippen LogP contribution in [-0.2, 0) is 0 Å². The minimum atomic E-state index is -0.972. The second-order valence-corrected chi connectivity index (χ2v) is 7.49. The Labute approximate surface area is 178 Å². The van der Waals surface area contributed by atoms with Crippen LogP contribution in [0.1, 0.15) is 10.4 Å². The lowest BCUT2D eigenvalue weighted by Crippen LogP contribution is -2.15. The Bertz CT molecular complexity index is 1060. The lowest BCUT2D eigenvalue weighted by atomic mass is 10.1. The third kappa shape index (κ3) is 5.30. The summed E-state index contributed by atoms with van der Waals surface area (Å²) in [4.78, 5) is 23.8. The number of benzene rings is 2. The molecule has 0 aliphatic heterocycles. The van der Waals surface area contributed by atoms with Crippen LogP contribution in [0.5, 0.6) is 0 Å². The zero-order valence-corrected chi connectivity index (χ0v) is 16.7. The number of nitro groups is 1. The molecule has 3 rings (SSSR count). The summed E-state index contributed by atoms with van der Waals surface area (Å²) in [6.07, 6.45) is 0.385. The number of carbonyl (C=O) groups excluding carboxylic acids is 1. The molecule has 3 aromatic rings. The first-order valence-corrected chi connectivity index (χ1v) is 9.79. The normalized spacial score (nSPS) is 11.8. The van der Waals surface area contributed by atoms with E-state index in [4.69, 9.17) is 16.7 Å². The van der Waals surface area contributed by atoms with Crippen molar-refractivity contribution in [2.24, 2.45) is 0 Å². The van der Waals surface area contributed by atoms with Crippen LogP contribution in [0.25, 0.3) is 5.69 Å². The fourth-order valence-electron chi connectivity index (χ4n) is 2.40. The van der Waals surface area contributed by atoms with Gasteiger partial charge in [-0.1, -0.05) is 11.6 Å². The van der Waals surface area contributed by atoms with Crippen molar-refractivity contribution in [2.75, 3.05) is 17.7 Å². The van der Waals surface area contributed by atoms with Crippen LogP contribution in [0.2, 0.25) is 5.02 Å². The molecule has 1 atom stereocenters. The molecule has 0 saturated carbocycles. The number of nitrogens with zero attached hydrogens (tertiary/aromatic N) is 5. The molecule has 1 amide bonds. The first-order chi connectivity index (χ1) is 14.4. The average Bonchev–Trinajstić information content (AvgIpc) is 3.27. The van der Waals surface area contributed by atoms with E-state index in [1.165, 1.54) is 41.3 Å². The van der Waals surface area contributed by atoms with E-state index in [9.17, 15) is 20.0 Å². The highest BCUT2D eigenvalue weighted by molar-refractivity contribution is 7.99. The van der Waals surface area contributed by atoms with E-state index in [0.717, 1.165) is 11.8 Å². The van der Waals surface area contributed by atoms with Gasteiger partial charge in [-0.05, 0) is 34.7 Å². The molecule has 0 fully saturated rings. The van der Waals surface area contributed by atoms with Crippen LogP contribution in [0.15, 0.2) is 47.6 Å². The standard InChI is InChI=1S/C17H15ClN6O5S/c18-16-2-1-11(23-9-19-21-22-23)6-15(16)17(27)20-10-3-12(24(28)29)5-14(4-10)30-8-13(26)7-25/h1-6,9,13,25-26H,7-8H2,(H,20,27). The van der Waals surface area contributed by atoms with E-state index < -0.39 is 23.5 Å². The Hall–Kier alpha value is -3.06. The van der Waals surface area contributed by atoms with Crippen molar-refractivity contribution < 1.29 is 19.9 Å². The summed E-state index contributed by atoms with van der Waals surface area (Å²) in [7, 11) is 0. The van der Waals surface area contributed by atoms with Crippen LogP contribution in [-0.4, -0.2) is 59.7 Å². The molecule has 11 nitrogen and oxygen atoms in total. The molecule has 0 aliphatic carbocycles. The van der Waals surface area contributed by atoms with Gasteiger partial charge < -0.3 is 15.5 Å². The lowest BCUT2D eigenvalue weighted by Gasteiger charge is -2.11. The number of anilines is 1. The van der Waals surface area contributed by atoms with Gasteiger partial charge in [-0.15, -0.1) is 16.9 Å². The quantitative estimate of drug-likeness (QED) is 0.265. The van der Waals surface area contributed by atoms with Gasteiger partial charge >= 0.3 is 0 Å². The van der Waals surface area contributed by atoms with Crippen LogP contribution in [0.4, 0.5) is 11.4 Å². The number of carbonyl (C=O) groups is 1. The number of amides is 1. The van der Waals surface area contributed by atoms with Crippen molar-refractivity contribution in [3.05, 3.63) is 63.4 Å². The Balaban J connectivity index is 1.86. The second-order valence-electron chi connectivity index (χ2n) is 5.99. The summed E-state index contributed by atoms with van der Waals surface area (Å²) in [5.74, 6) is -0.452. The monoisotopic (exact) mass is 450 g/mol. The number of hydrogen-bond donors (Lipinski definition) is 3. The largest absolute Gasteiger partial charge is 0.394 e. The first kappa shape index (κ1) is 21.6. The summed E-state index contributed by atoms with van der Waals surface area (Å²) in [5, 5.41) is 43.2. The van der Waals surface area contributed by atoms with E-state index in [0.29, 0.717) is 10.6 Å². The van der Waals surface area contributed by atoms with Crippen molar-refractivity contribution in [2.45, 2.75) is 11.0 Å². The lowest BCUT2D eigenvalue weighted by molar-refractivity contribution is -0.385. The van der Waals surface area contributed by atoms with E-state index in [2.05, 4.69) is 20.8 Å². The molecular weight excluding hydrogens is 436 g/mol. The zero-order chi connectivity index (χ0) is 21.7. The first-order valence-electron chi connectivity index (χ1n) is 8.43. The van der Waals surface area contributed by atoms with Gasteiger partial charge in [0, 0.05) is 28.5 Å². The summed E-state index contributed by atoms with van der Waals surface area (Å²) in [6.45, 7) is -0.429. The second kappa shape index (κ2) is 9.63. The molecule has 1 aromatic heterocycles. The highest BCUT2D eigenvalue weighted by Gasteiger charge is 2.16. The third-order valence-electron chi connectivity index (χ3n) is 3.82. The smallest absolute Gasteiger partial charge is 0.272 e. The van der Waals surface area contributed by atoms with Crippen LogP contribution in [0.3, 0.4) is 0 Å². The molecular formula is C17H15ClN6O5S. The Kier molecular flexibility index (Phi) is 6.95. The zero-order valence-electron chi connectivity index (χ0n) is 15.2. The van der Waals surface area contributed by atoms with Gasteiger partial charge in [0.05, 0.1) is 33.9 Å². The van der Waals surface area contributed by atoms with Crippen molar-refractivity contribution in [1.82, 2.24) is 20.2 Å². The number of nitro benzene ring substituents is 1. The summed E-state index contributed by atoms with van der Waals surface area (Å²) in [6, 6.07) is 8.68. The topological polar surface area (TPSA) is 156 Å². The maximum atomic E-state index is 12.8. The van der Waals surface area contributed by atoms with E-state index in [1.807, 2.05) is 0 Å². The van der Waals surface area contributed by atoms with Crippen molar-refractivity contribution in [1.29, 1.82) is 0 Å². The number of nitrogens with one attached hydrogen (secondary N) is 1. The Morgan fingerprint density at radius 3 is 2.80 bits per heavy atom. The van der Waals surface area contributed by atoms with Crippen LogP contribution < -0.4 is 5.32 Å². The van der Waals surface area contributed by atoms with Crippen molar-refractivity contribution in [3.63, 3.8) is 0 Å². The number of thioether (sulfide) groups is 1. The number of aliphatic hydroxyl groups excluding tert-OH is 2. The van der Waals surface area contributed by atoms with E-state index >= 15 is 0 Å².